The number of hydrogen-bond acceptors (Lipinski definition) is 2. The summed E-state index contributed by atoms with van der Waals surface area (Å²) in [4.78, 5) is 12.9. The third-order valence-electron chi connectivity index (χ3n) is 3.93. The van der Waals surface area contributed by atoms with Crippen LogP contribution in [0.25, 0.3) is 0 Å². The highest BCUT2D eigenvalue weighted by molar-refractivity contribution is 5.64. The summed E-state index contributed by atoms with van der Waals surface area (Å²) < 4.78 is 0. The van der Waals surface area contributed by atoms with Crippen molar-refractivity contribution in [2.24, 2.45) is 0 Å². The summed E-state index contributed by atoms with van der Waals surface area (Å²) in [6.45, 7) is 3.41. The highest BCUT2D eigenvalue weighted by atomic mass is 16.4. The first-order valence-electron chi connectivity index (χ1n) is 8.51. The van der Waals surface area contributed by atoms with Crippen molar-refractivity contribution < 1.29 is 9.90 Å². The van der Waals surface area contributed by atoms with E-state index in [1.165, 1.54) is 11.1 Å². The zero-order valence-electron chi connectivity index (χ0n) is 14.0. The van der Waals surface area contributed by atoms with Crippen LogP contribution in [0.15, 0.2) is 60.7 Å². The molecule has 0 radical (unpaired) electrons. The van der Waals surface area contributed by atoms with Gasteiger partial charge in [0.1, 0.15) is 0 Å². The molecule has 4 heteroatoms. The van der Waals surface area contributed by atoms with Gasteiger partial charge in [-0.15, -0.1) is 0 Å². The molecule has 4 nitrogen and oxygen atoms in total. The summed E-state index contributed by atoms with van der Waals surface area (Å²) >= 11 is 0. The van der Waals surface area contributed by atoms with Gasteiger partial charge in [-0.05, 0) is 30.5 Å². The number of carbonyl (C=O) groups is 1. The Bertz CT molecular complexity index is 546. The predicted molar refractivity (Wildman–Crippen MR) is 96.9 cm³/mol. The van der Waals surface area contributed by atoms with E-state index in [-0.39, 0.29) is 0 Å². The van der Waals surface area contributed by atoms with Gasteiger partial charge in [-0.1, -0.05) is 67.1 Å². The molecule has 0 aromatic heterocycles. The Morgan fingerprint density at radius 2 is 1.38 bits per heavy atom. The second-order valence-corrected chi connectivity index (χ2v) is 5.97. The monoisotopic (exact) mass is 326 g/mol. The van der Waals surface area contributed by atoms with Crippen LogP contribution in [0.4, 0.5) is 4.79 Å². The Kier molecular flexibility index (Phi) is 7.84. The first kappa shape index (κ1) is 18.0. The van der Waals surface area contributed by atoms with E-state index in [9.17, 15) is 4.79 Å². The molecule has 0 atom stereocenters. The minimum Gasteiger partial charge on any atom is -0.465 e. The second-order valence-electron chi connectivity index (χ2n) is 5.97. The van der Waals surface area contributed by atoms with Gasteiger partial charge in [0.25, 0.3) is 0 Å². The first-order chi connectivity index (χ1) is 11.7. The molecule has 2 aromatic carbocycles. The Morgan fingerprint density at radius 3 is 1.88 bits per heavy atom. The molecular weight excluding hydrogens is 300 g/mol. The smallest absolute Gasteiger partial charge is 0.404 e. The summed E-state index contributed by atoms with van der Waals surface area (Å²) in [5.41, 5.74) is 2.64. The van der Waals surface area contributed by atoms with Crippen molar-refractivity contribution in [2.45, 2.75) is 32.4 Å². The number of amides is 1. The van der Waals surface area contributed by atoms with Crippen LogP contribution in [0.1, 0.15) is 30.4 Å². The lowest BCUT2D eigenvalue weighted by atomic mass is 10.1. The quantitative estimate of drug-likeness (QED) is 0.646. The van der Waals surface area contributed by atoms with Crippen molar-refractivity contribution in [1.82, 2.24) is 10.2 Å². The molecule has 1 amide bonds. The number of rotatable bonds is 10. The second kappa shape index (κ2) is 10.4. The lowest BCUT2D eigenvalue weighted by Gasteiger charge is -2.22. The molecule has 0 bridgehead atoms. The van der Waals surface area contributed by atoms with Crippen LogP contribution in [0.2, 0.25) is 0 Å². The summed E-state index contributed by atoms with van der Waals surface area (Å²) in [7, 11) is 0. The molecule has 0 spiro atoms. The Morgan fingerprint density at radius 1 is 0.833 bits per heavy atom. The van der Waals surface area contributed by atoms with Crippen LogP contribution in [-0.2, 0) is 13.1 Å². The molecule has 24 heavy (non-hydrogen) atoms. The van der Waals surface area contributed by atoms with Gasteiger partial charge in [0, 0.05) is 19.6 Å². The fourth-order valence-electron chi connectivity index (χ4n) is 2.73. The van der Waals surface area contributed by atoms with Crippen molar-refractivity contribution in [3.8, 4) is 0 Å². The zero-order chi connectivity index (χ0) is 17.0. The van der Waals surface area contributed by atoms with E-state index in [0.29, 0.717) is 6.54 Å². The summed E-state index contributed by atoms with van der Waals surface area (Å²) in [5, 5.41) is 11.0. The Balaban J connectivity index is 1.82. The molecule has 128 valence electrons. The summed E-state index contributed by atoms with van der Waals surface area (Å²) in [6.07, 6.45) is 2.04. The fourth-order valence-corrected chi connectivity index (χ4v) is 2.73. The van der Waals surface area contributed by atoms with E-state index in [0.717, 1.165) is 38.9 Å². The van der Waals surface area contributed by atoms with E-state index in [4.69, 9.17) is 5.11 Å². The van der Waals surface area contributed by atoms with Gasteiger partial charge in [0.15, 0.2) is 0 Å². The number of nitrogens with zero attached hydrogens (tertiary/aromatic N) is 1. The molecule has 0 saturated carbocycles. The van der Waals surface area contributed by atoms with Crippen LogP contribution in [0.3, 0.4) is 0 Å². The van der Waals surface area contributed by atoms with Crippen molar-refractivity contribution >= 4 is 6.09 Å². The Labute approximate surface area is 144 Å². The molecule has 2 aromatic rings. The normalized spacial score (nSPS) is 10.7. The topological polar surface area (TPSA) is 52.6 Å². The molecule has 0 aliphatic heterocycles. The highest BCUT2D eigenvalue weighted by Gasteiger charge is 2.07. The van der Waals surface area contributed by atoms with Crippen molar-refractivity contribution in [3.05, 3.63) is 71.8 Å². The largest absolute Gasteiger partial charge is 0.465 e. The third kappa shape index (κ3) is 7.29. The average Bonchev–Trinajstić information content (AvgIpc) is 2.59. The van der Waals surface area contributed by atoms with Crippen molar-refractivity contribution in [2.75, 3.05) is 13.1 Å². The van der Waals surface area contributed by atoms with E-state index < -0.39 is 6.09 Å². The standard InChI is InChI=1S/C20H26N2O2/c23-20(24)21-14-8-3-9-15-22(16-18-10-4-1-5-11-18)17-19-12-6-2-7-13-19/h1-2,4-7,10-13,21H,3,8-9,14-17H2,(H,23,24). The van der Waals surface area contributed by atoms with Gasteiger partial charge < -0.3 is 10.4 Å². The van der Waals surface area contributed by atoms with Crippen molar-refractivity contribution in [3.63, 3.8) is 0 Å². The van der Waals surface area contributed by atoms with Crippen LogP contribution in [0, 0.1) is 0 Å². The maximum Gasteiger partial charge on any atom is 0.404 e. The lowest BCUT2D eigenvalue weighted by molar-refractivity contribution is 0.194. The third-order valence-corrected chi connectivity index (χ3v) is 3.93. The van der Waals surface area contributed by atoms with Gasteiger partial charge in [0.2, 0.25) is 0 Å². The van der Waals surface area contributed by atoms with Gasteiger partial charge in [-0.2, -0.15) is 0 Å². The van der Waals surface area contributed by atoms with Crippen LogP contribution in [-0.4, -0.2) is 29.2 Å². The summed E-state index contributed by atoms with van der Waals surface area (Å²) in [6, 6.07) is 21.0. The minimum atomic E-state index is -0.940. The fraction of sp³-hybridized carbons (Fsp3) is 0.350. The lowest BCUT2D eigenvalue weighted by Crippen LogP contribution is -2.25. The first-order valence-corrected chi connectivity index (χ1v) is 8.51. The average molecular weight is 326 g/mol. The van der Waals surface area contributed by atoms with E-state index in [1.807, 2.05) is 12.1 Å². The highest BCUT2D eigenvalue weighted by Crippen LogP contribution is 2.11. The number of benzene rings is 2. The zero-order valence-corrected chi connectivity index (χ0v) is 14.0. The molecule has 0 aliphatic rings. The number of hydrogen-bond donors (Lipinski definition) is 2. The van der Waals surface area contributed by atoms with E-state index in [1.54, 1.807) is 0 Å². The maximum absolute atomic E-state index is 10.4. The van der Waals surface area contributed by atoms with Crippen LogP contribution >= 0.6 is 0 Å². The molecule has 0 heterocycles. The molecule has 0 fully saturated rings. The maximum atomic E-state index is 10.4. The minimum absolute atomic E-state index is 0.534. The molecular formula is C20H26N2O2. The molecule has 0 aliphatic carbocycles. The number of carboxylic acid groups (broad SMARTS) is 1. The Hall–Kier alpha value is -2.33. The van der Waals surface area contributed by atoms with Crippen LogP contribution in [0.5, 0.6) is 0 Å². The number of nitrogens with one attached hydrogen (secondary N) is 1. The van der Waals surface area contributed by atoms with Gasteiger partial charge in [-0.3, -0.25) is 4.90 Å². The molecule has 0 unspecified atom stereocenters. The number of unbranched alkanes of at least 4 members (excludes halogenated alkanes) is 2. The SMILES string of the molecule is O=C(O)NCCCCCN(Cc1ccccc1)Cc1ccccc1. The van der Waals surface area contributed by atoms with Gasteiger partial charge in [0.05, 0.1) is 0 Å². The molecule has 0 saturated heterocycles. The van der Waals surface area contributed by atoms with Gasteiger partial charge >= 0.3 is 6.09 Å². The van der Waals surface area contributed by atoms with Crippen molar-refractivity contribution in [1.29, 1.82) is 0 Å². The van der Waals surface area contributed by atoms with Gasteiger partial charge in [-0.25, -0.2) is 4.79 Å². The summed E-state index contributed by atoms with van der Waals surface area (Å²) in [5.74, 6) is 0. The van der Waals surface area contributed by atoms with E-state index in [2.05, 4.69) is 58.7 Å². The predicted octanol–water partition coefficient (Wildman–Crippen LogP) is 4.13. The van der Waals surface area contributed by atoms with E-state index >= 15 is 0 Å². The van der Waals surface area contributed by atoms with Crippen LogP contribution < -0.4 is 5.32 Å². The molecule has 2 rings (SSSR count). The molecule has 2 N–H and O–H groups in total.